The SMILES string of the molecule is COCC(=O)Cn1cc(C)c([N+](=O)[O-])n1. The van der Waals surface area contributed by atoms with E-state index in [-0.39, 0.29) is 24.8 Å². The van der Waals surface area contributed by atoms with E-state index >= 15 is 0 Å². The quantitative estimate of drug-likeness (QED) is 0.519. The molecule has 0 spiro atoms. The van der Waals surface area contributed by atoms with E-state index in [2.05, 4.69) is 9.84 Å². The van der Waals surface area contributed by atoms with E-state index in [4.69, 9.17) is 0 Å². The Morgan fingerprint density at radius 3 is 2.87 bits per heavy atom. The molecule has 82 valence electrons. The Morgan fingerprint density at radius 1 is 1.73 bits per heavy atom. The van der Waals surface area contributed by atoms with Crippen LogP contribution in [0.2, 0.25) is 0 Å². The average Bonchev–Trinajstić information content (AvgIpc) is 2.47. The van der Waals surface area contributed by atoms with Crippen LogP contribution < -0.4 is 0 Å². The second-order valence-electron chi connectivity index (χ2n) is 3.06. The van der Waals surface area contributed by atoms with Crippen LogP contribution >= 0.6 is 0 Å². The maximum atomic E-state index is 11.1. The summed E-state index contributed by atoms with van der Waals surface area (Å²) in [5.41, 5.74) is 0.435. The third kappa shape index (κ3) is 2.84. The highest BCUT2D eigenvalue weighted by Crippen LogP contribution is 2.13. The Balaban J connectivity index is 2.75. The summed E-state index contributed by atoms with van der Waals surface area (Å²) in [7, 11) is 1.41. The molecule has 0 fully saturated rings. The van der Waals surface area contributed by atoms with E-state index in [1.54, 1.807) is 6.92 Å². The molecular weight excluding hydrogens is 202 g/mol. The zero-order valence-electron chi connectivity index (χ0n) is 8.47. The Kier molecular flexibility index (Phi) is 3.51. The Labute approximate surface area is 85.8 Å². The van der Waals surface area contributed by atoms with Gasteiger partial charge in [-0.1, -0.05) is 0 Å². The number of carbonyl (C=O) groups is 1. The summed E-state index contributed by atoms with van der Waals surface area (Å²) < 4.78 is 5.88. The van der Waals surface area contributed by atoms with E-state index in [9.17, 15) is 14.9 Å². The fourth-order valence-electron chi connectivity index (χ4n) is 1.16. The lowest BCUT2D eigenvalue weighted by Crippen LogP contribution is -2.15. The molecule has 0 aliphatic rings. The van der Waals surface area contributed by atoms with Crippen molar-refractivity contribution in [2.24, 2.45) is 0 Å². The molecule has 0 bridgehead atoms. The number of carbonyl (C=O) groups excluding carboxylic acids is 1. The lowest BCUT2D eigenvalue weighted by Gasteiger charge is -1.95. The highest BCUT2D eigenvalue weighted by Gasteiger charge is 2.18. The van der Waals surface area contributed by atoms with Gasteiger partial charge in [-0.15, -0.1) is 0 Å². The second-order valence-corrected chi connectivity index (χ2v) is 3.06. The number of rotatable bonds is 5. The van der Waals surface area contributed by atoms with E-state index in [1.807, 2.05) is 0 Å². The monoisotopic (exact) mass is 213 g/mol. The minimum Gasteiger partial charge on any atom is -0.377 e. The van der Waals surface area contributed by atoms with Gasteiger partial charge in [-0.25, -0.2) is 0 Å². The topological polar surface area (TPSA) is 87.3 Å². The summed E-state index contributed by atoms with van der Waals surface area (Å²) in [5.74, 6) is -0.407. The van der Waals surface area contributed by atoms with Crippen LogP contribution in [0.4, 0.5) is 5.82 Å². The highest BCUT2D eigenvalue weighted by molar-refractivity contribution is 5.79. The zero-order valence-corrected chi connectivity index (χ0v) is 8.47. The number of methoxy groups -OCH3 is 1. The minimum atomic E-state index is -0.577. The molecular formula is C8H11N3O4. The van der Waals surface area contributed by atoms with Gasteiger partial charge in [0.2, 0.25) is 0 Å². The summed E-state index contributed by atoms with van der Waals surface area (Å²) >= 11 is 0. The van der Waals surface area contributed by atoms with Crippen molar-refractivity contribution in [3.63, 3.8) is 0 Å². The van der Waals surface area contributed by atoms with Crippen molar-refractivity contribution in [1.82, 2.24) is 9.78 Å². The fraction of sp³-hybridized carbons (Fsp3) is 0.500. The molecule has 1 rings (SSSR count). The molecule has 15 heavy (non-hydrogen) atoms. The molecule has 0 aliphatic carbocycles. The van der Waals surface area contributed by atoms with Crippen LogP contribution in [0.25, 0.3) is 0 Å². The summed E-state index contributed by atoms with van der Waals surface area (Å²) in [6, 6.07) is 0. The zero-order chi connectivity index (χ0) is 11.4. The number of nitro groups is 1. The van der Waals surface area contributed by atoms with Crippen LogP contribution in [0.5, 0.6) is 0 Å². The van der Waals surface area contributed by atoms with Gasteiger partial charge >= 0.3 is 5.82 Å². The van der Waals surface area contributed by atoms with Crippen LogP contribution in [0.1, 0.15) is 5.56 Å². The molecule has 7 heteroatoms. The molecule has 0 unspecified atom stereocenters. The van der Waals surface area contributed by atoms with E-state index < -0.39 is 4.92 Å². The van der Waals surface area contributed by atoms with E-state index in [0.717, 1.165) is 0 Å². The molecule has 1 aromatic rings. The highest BCUT2D eigenvalue weighted by atomic mass is 16.6. The molecule has 0 atom stereocenters. The van der Waals surface area contributed by atoms with Gasteiger partial charge in [-0.05, 0) is 11.8 Å². The molecule has 0 saturated carbocycles. The first-order valence-electron chi connectivity index (χ1n) is 4.23. The minimum absolute atomic E-state index is 0.0114. The van der Waals surface area contributed by atoms with Crippen molar-refractivity contribution in [3.8, 4) is 0 Å². The number of hydrogen-bond donors (Lipinski definition) is 0. The normalized spacial score (nSPS) is 10.3. The molecule has 1 aromatic heterocycles. The molecule has 0 amide bonds. The third-order valence-corrected chi connectivity index (χ3v) is 1.74. The Hall–Kier alpha value is -1.76. The molecule has 0 N–H and O–H groups in total. The van der Waals surface area contributed by atoms with Crippen molar-refractivity contribution in [1.29, 1.82) is 0 Å². The van der Waals surface area contributed by atoms with Crippen molar-refractivity contribution >= 4 is 11.6 Å². The smallest absolute Gasteiger partial charge is 0.377 e. The first-order chi connectivity index (χ1) is 7.04. The Bertz CT molecular complexity index is 385. The molecule has 1 heterocycles. The van der Waals surface area contributed by atoms with Crippen LogP contribution in [0, 0.1) is 17.0 Å². The van der Waals surface area contributed by atoms with Gasteiger partial charge in [0.05, 0.1) is 16.9 Å². The first kappa shape index (κ1) is 11.3. The lowest BCUT2D eigenvalue weighted by molar-refractivity contribution is -0.390. The molecule has 7 nitrogen and oxygen atoms in total. The van der Waals surface area contributed by atoms with Crippen molar-refractivity contribution < 1.29 is 14.5 Å². The van der Waals surface area contributed by atoms with Crippen LogP contribution in [-0.4, -0.2) is 34.2 Å². The Morgan fingerprint density at radius 2 is 2.40 bits per heavy atom. The van der Waals surface area contributed by atoms with Gasteiger partial charge in [0.15, 0.2) is 5.78 Å². The predicted octanol–water partition coefficient (Wildman–Crippen LogP) is 0.315. The van der Waals surface area contributed by atoms with Crippen LogP contribution in [0.3, 0.4) is 0 Å². The number of hydrogen-bond acceptors (Lipinski definition) is 5. The number of ether oxygens (including phenoxy) is 1. The molecule has 0 radical (unpaired) electrons. The third-order valence-electron chi connectivity index (χ3n) is 1.74. The van der Waals surface area contributed by atoms with E-state index in [1.165, 1.54) is 18.0 Å². The number of Topliss-reactive ketones (excluding diaryl/α,β-unsaturated/α-hetero) is 1. The lowest BCUT2D eigenvalue weighted by atomic mass is 10.4. The number of aromatic nitrogens is 2. The standard InChI is InChI=1S/C8H11N3O4/c1-6-3-10(4-7(12)5-15-2)9-8(6)11(13)14/h3H,4-5H2,1-2H3. The number of ketones is 1. The summed E-state index contributed by atoms with van der Waals surface area (Å²) in [6.07, 6.45) is 1.46. The van der Waals surface area contributed by atoms with Gasteiger partial charge in [0.25, 0.3) is 0 Å². The van der Waals surface area contributed by atoms with Crippen molar-refractivity contribution in [2.45, 2.75) is 13.5 Å². The van der Waals surface area contributed by atoms with Gasteiger partial charge < -0.3 is 14.9 Å². The van der Waals surface area contributed by atoms with Gasteiger partial charge in [-0.3, -0.25) is 4.79 Å². The average molecular weight is 213 g/mol. The van der Waals surface area contributed by atoms with E-state index in [0.29, 0.717) is 5.56 Å². The summed E-state index contributed by atoms with van der Waals surface area (Å²) in [4.78, 5) is 21.0. The summed E-state index contributed by atoms with van der Waals surface area (Å²) in [5, 5.41) is 14.1. The maximum absolute atomic E-state index is 11.1. The van der Waals surface area contributed by atoms with Gasteiger partial charge in [0, 0.05) is 7.11 Å². The number of nitrogens with zero attached hydrogens (tertiary/aromatic N) is 3. The first-order valence-corrected chi connectivity index (χ1v) is 4.23. The van der Waals surface area contributed by atoms with Gasteiger partial charge in [-0.2, -0.15) is 4.68 Å². The van der Waals surface area contributed by atoms with Crippen molar-refractivity contribution in [3.05, 3.63) is 21.9 Å². The maximum Gasteiger partial charge on any atom is 0.392 e. The fourth-order valence-corrected chi connectivity index (χ4v) is 1.16. The largest absolute Gasteiger partial charge is 0.392 e. The van der Waals surface area contributed by atoms with Crippen LogP contribution in [0.15, 0.2) is 6.20 Å². The second kappa shape index (κ2) is 4.65. The molecule has 0 aliphatic heterocycles. The molecule has 0 aromatic carbocycles. The number of aryl methyl sites for hydroxylation is 1. The molecule has 0 saturated heterocycles. The van der Waals surface area contributed by atoms with Gasteiger partial charge in [0.1, 0.15) is 13.2 Å². The van der Waals surface area contributed by atoms with Crippen molar-refractivity contribution in [2.75, 3.05) is 13.7 Å². The van der Waals surface area contributed by atoms with Crippen LogP contribution in [-0.2, 0) is 16.1 Å². The summed E-state index contributed by atoms with van der Waals surface area (Å²) in [6.45, 7) is 1.54. The predicted molar refractivity (Wildman–Crippen MR) is 50.5 cm³/mol.